The highest BCUT2D eigenvalue weighted by Gasteiger charge is 2.78. The van der Waals surface area contributed by atoms with Gasteiger partial charge in [-0.3, -0.25) is 19.2 Å². The first-order valence-electron chi connectivity index (χ1n) is 23.1. The molecule has 12 atom stereocenters. The molecule has 4 N–H and O–H groups in total. The highest BCUT2D eigenvalue weighted by Crippen LogP contribution is 2.64. The van der Waals surface area contributed by atoms with E-state index >= 15 is 9.59 Å². The zero-order valence-electron chi connectivity index (χ0n) is 39.6. The van der Waals surface area contributed by atoms with Crippen molar-refractivity contribution in [3.05, 3.63) is 155 Å². The number of fused-ring (bicyclic) bond motifs is 5. The van der Waals surface area contributed by atoms with E-state index in [1.807, 2.05) is 0 Å². The quantitative estimate of drug-likeness (QED) is 0.0565. The zero-order valence-corrected chi connectivity index (χ0v) is 39.6. The van der Waals surface area contributed by atoms with Crippen molar-refractivity contribution in [3.63, 3.8) is 0 Å². The molecule has 1 amide bonds. The van der Waals surface area contributed by atoms with Gasteiger partial charge < -0.3 is 49.1 Å². The van der Waals surface area contributed by atoms with Gasteiger partial charge in [-0.05, 0) is 54.8 Å². The van der Waals surface area contributed by atoms with E-state index in [1.54, 1.807) is 123 Å². The van der Waals surface area contributed by atoms with Gasteiger partial charge in [0.05, 0.1) is 35.6 Å². The van der Waals surface area contributed by atoms with Crippen LogP contribution in [0.4, 0.5) is 0 Å². The van der Waals surface area contributed by atoms with E-state index in [9.17, 15) is 34.5 Å². The maximum atomic E-state index is 15.4. The third-order valence-corrected chi connectivity index (χ3v) is 14.8. The first-order chi connectivity index (χ1) is 33.2. The van der Waals surface area contributed by atoms with Crippen molar-refractivity contribution in [1.29, 1.82) is 0 Å². The largest absolute Gasteiger partial charge is 0.456 e. The molecule has 4 aromatic carbocycles. The molecular weight excluding hydrogens is 903 g/mol. The van der Waals surface area contributed by atoms with Crippen molar-refractivity contribution in [2.75, 3.05) is 6.61 Å². The third-order valence-electron chi connectivity index (χ3n) is 14.8. The van der Waals surface area contributed by atoms with Gasteiger partial charge in [0.1, 0.15) is 30.0 Å². The maximum Gasteiger partial charge on any atom is 0.338 e. The van der Waals surface area contributed by atoms with Crippen LogP contribution in [0.1, 0.15) is 98.6 Å². The van der Waals surface area contributed by atoms with E-state index in [2.05, 4.69) is 5.32 Å². The van der Waals surface area contributed by atoms with Gasteiger partial charge in [0, 0.05) is 43.2 Å². The lowest BCUT2D eigenvalue weighted by atomic mass is 9.44. The van der Waals surface area contributed by atoms with Gasteiger partial charge in [-0.15, -0.1) is 0 Å². The van der Waals surface area contributed by atoms with E-state index in [1.165, 1.54) is 26.0 Å². The Kier molecular flexibility index (Phi) is 13.8. The van der Waals surface area contributed by atoms with E-state index in [0.29, 0.717) is 11.1 Å². The van der Waals surface area contributed by atoms with E-state index in [4.69, 9.17) is 28.4 Å². The monoisotopic (exact) mass is 959 g/mol. The fourth-order valence-electron chi connectivity index (χ4n) is 11.1. The first-order valence-corrected chi connectivity index (χ1v) is 23.1. The van der Waals surface area contributed by atoms with Crippen LogP contribution in [0.15, 0.2) is 132 Å². The summed E-state index contributed by atoms with van der Waals surface area (Å²) in [7, 11) is 0. The summed E-state index contributed by atoms with van der Waals surface area (Å²) in [4.78, 5) is 84.9. The van der Waals surface area contributed by atoms with Crippen LogP contribution in [0.3, 0.4) is 0 Å². The Labute approximate surface area is 404 Å². The summed E-state index contributed by atoms with van der Waals surface area (Å²) < 4.78 is 37.1. The number of carbonyl (C=O) groups excluding carboxylic acids is 6. The molecule has 16 heteroatoms. The normalized spacial score (nSPS) is 30.0. The number of Topliss-reactive ketones (excluding diaryl/α,β-unsaturated/α-hetero) is 1. The number of rotatable bonds is 13. The van der Waals surface area contributed by atoms with Crippen LogP contribution in [0.5, 0.6) is 0 Å². The van der Waals surface area contributed by atoms with Gasteiger partial charge in [-0.2, -0.15) is 0 Å². The predicted molar refractivity (Wildman–Crippen MR) is 248 cm³/mol. The molecule has 1 heterocycles. The number of aliphatic hydroxyl groups excluding tert-OH is 2. The van der Waals surface area contributed by atoms with Crippen molar-refractivity contribution >= 4 is 35.6 Å². The van der Waals surface area contributed by atoms with Gasteiger partial charge >= 0.3 is 23.9 Å². The fraction of sp³-hybridized carbons (Fsp3) is 0.407. The molecule has 16 nitrogen and oxygen atoms in total. The average Bonchev–Trinajstić information content (AvgIpc) is 3.34. The minimum atomic E-state index is -2.42. The molecule has 2 bridgehead atoms. The Morgan fingerprint density at radius 2 is 1.31 bits per heavy atom. The Balaban J connectivity index is 1.29. The second-order valence-electron chi connectivity index (χ2n) is 19.2. The smallest absolute Gasteiger partial charge is 0.338 e. The summed E-state index contributed by atoms with van der Waals surface area (Å²) in [5, 5.41) is 41.3. The number of benzene rings is 4. The summed E-state index contributed by atoms with van der Waals surface area (Å²) in [6.45, 7) is 8.03. The Hall–Kier alpha value is -6.56. The van der Waals surface area contributed by atoms with Crippen molar-refractivity contribution in [2.45, 2.75) is 115 Å². The molecule has 0 spiro atoms. The van der Waals surface area contributed by atoms with Crippen LogP contribution < -0.4 is 5.32 Å². The Morgan fingerprint density at radius 1 is 0.757 bits per heavy atom. The molecule has 70 heavy (non-hydrogen) atoms. The van der Waals surface area contributed by atoms with Crippen molar-refractivity contribution in [2.24, 2.45) is 16.7 Å². The van der Waals surface area contributed by atoms with Crippen molar-refractivity contribution < 1.29 is 72.5 Å². The molecule has 8 rings (SSSR count). The number of ketones is 1. The highest BCUT2D eigenvalue weighted by atomic mass is 16.7. The zero-order chi connectivity index (χ0) is 50.3. The van der Waals surface area contributed by atoms with Gasteiger partial charge in [-0.25, -0.2) is 9.59 Å². The van der Waals surface area contributed by atoms with Gasteiger partial charge in [-0.1, -0.05) is 111 Å². The molecule has 4 aliphatic rings. The van der Waals surface area contributed by atoms with E-state index in [0.717, 1.165) is 13.8 Å². The number of carbonyl (C=O) groups is 6. The lowest BCUT2D eigenvalue weighted by Gasteiger charge is -2.67. The molecule has 3 aliphatic carbocycles. The van der Waals surface area contributed by atoms with Crippen LogP contribution in [0.25, 0.3) is 0 Å². The molecule has 3 unspecified atom stereocenters. The van der Waals surface area contributed by atoms with Crippen LogP contribution in [-0.4, -0.2) is 105 Å². The van der Waals surface area contributed by atoms with Crippen LogP contribution in [0, 0.1) is 16.7 Å². The lowest BCUT2D eigenvalue weighted by molar-refractivity contribution is -0.346. The molecule has 1 aliphatic heterocycles. The lowest BCUT2D eigenvalue weighted by Crippen LogP contribution is -2.81. The number of nitrogens with one attached hydrogen (secondary N) is 1. The van der Waals surface area contributed by atoms with Crippen LogP contribution in [0.2, 0.25) is 0 Å². The number of hydrogen-bond acceptors (Lipinski definition) is 15. The van der Waals surface area contributed by atoms with Crippen molar-refractivity contribution in [3.8, 4) is 0 Å². The van der Waals surface area contributed by atoms with E-state index in [-0.39, 0.29) is 35.3 Å². The number of aliphatic hydroxyl groups is 3. The van der Waals surface area contributed by atoms with Crippen LogP contribution >= 0.6 is 0 Å². The number of amides is 1. The summed E-state index contributed by atoms with van der Waals surface area (Å²) in [5.41, 5.74) is -6.87. The Morgan fingerprint density at radius 3 is 1.86 bits per heavy atom. The molecule has 4 aromatic rings. The minimum absolute atomic E-state index is 0.0642. The van der Waals surface area contributed by atoms with Crippen molar-refractivity contribution in [1.82, 2.24) is 5.32 Å². The summed E-state index contributed by atoms with van der Waals surface area (Å²) in [6, 6.07) is 31.5. The molecular formula is C54H57NO15. The topological polar surface area (TPSA) is 231 Å². The third kappa shape index (κ3) is 8.72. The minimum Gasteiger partial charge on any atom is -0.456 e. The molecule has 1 saturated heterocycles. The average molecular weight is 960 g/mol. The number of hydrogen-bond donors (Lipinski definition) is 4. The molecule has 0 aromatic heterocycles. The van der Waals surface area contributed by atoms with Gasteiger partial charge in [0.25, 0.3) is 5.91 Å². The second-order valence-corrected chi connectivity index (χ2v) is 19.2. The summed E-state index contributed by atoms with van der Waals surface area (Å²) in [5.74, 6) is -6.72. The SMILES string of the molecule is CC(=O)OC(O[C@@H](C(=O)O[C@H]1C[C@@]2(O)C(OC(=O)c3ccccc3)C3[C@](C)(C(=O)[C@H](O)C(=C1C)C2(C)C)[C@@H](O)C[C@H]1OC[C@@]31OC(C)=O)[C@@H](NC(=O)c1ccccc1)c1ccccc1)c1ccccc1. The first kappa shape index (κ1) is 49.8. The molecule has 2 saturated carbocycles. The van der Waals surface area contributed by atoms with Crippen LogP contribution in [-0.2, 0) is 47.6 Å². The maximum absolute atomic E-state index is 15.4. The molecule has 0 radical (unpaired) electrons. The van der Waals surface area contributed by atoms with Gasteiger partial charge in [0.15, 0.2) is 17.5 Å². The predicted octanol–water partition coefficient (Wildman–Crippen LogP) is 5.45. The highest BCUT2D eigenvalue weighted by molar-refractivity contribution is 5.95. The van der Waals surface area contributed by atoms with Gasteiger partial charge in [0.2, 0.25) is 6.29 Å². The summed E-state index contributed by atoms with van der Waals surface area (Å²) >= 11 is 0. The Bertz CT molecular complexity index is 2660. The number of ether oxygens (including phenoxy) is 6. The summed E-state index contributed by atoms with van der Waals surface area (Å²) in [6.07, 6.45) is -12.2. The standard InChI is InChI=1S/C54H57NO15/c1-30-37(67-49(63)43(68-50(66-31(2)56)36-25-17-10-18-26-36)41(33-19-11-7-12-20-33)55-47(61)34-21-13-8-14-22-34)28-54(64)46(69-48(62)35-23-15-9-16-24-35)44-52(6,45(60)42(59)40(30)51(54,4)5)38(58)27-39-53(44,29-65-39)70-32(3)57/h7-26,37-39,41-44,46,50,58-59,64H,27-29H2,1-6H3,(H,55,61)/t37-,38-,39+,41-,42+,43+,44?,46?,50?,52+,53-,54+/m0/s1. The molecule has 368 valence electrons. The molecule has 3 fully saturated rings. The second kappa shape index (κ2) is 19.3. The fourth-order valence-corrected chi connectivity index (χ4v) is 11.1. The van der Waals surface area contributed by atoms with E-state index < -0.39 is 119 Å². The number of esters is 4.